The Balaban J connectivity index is 2.25. The molecule has 21 heavy (non-hydrogen) atoms. The van der Waals surface area contributed by atoms with Crippen LogP contribution in [-0.2, 0) is 16.6 Å². The van der Waals surface area contributed by atoms with E-state index in [0.717, 1.165) is 38.2 Å². The van der Waals surface area contributed by atoms with Crippen LogP contribution in [0.15, 0.2) is 23.1 Å². The van der Waals surface area contributed by atoms with Gasteiger partial charge in [0.05, 0.1) is 6.61 Å². The first-order chi connectivity index (χ1) is 9.94. The molecular weight excluding hydrogens is 293 g/mol. The Morgan fingerprint density at radius 1 is 1.29 bits per heavy atom. The molecule has 2 unspecified atom stereocenters. The molecule has 2 atom stereocenters. The van der Waals surface area contributed by atoms with Gasteiger partial charge in [-0.2, -0.15) is 0 Å². The summed E-state index contributed by atoms with van der Waals surface area (Å²) in [5, 5.41) is 9.08. The van der Waals surface area contributed by atoms with Crippen LogP contribution in [-0.4, -0.2) is 19.6 Å². The highest BCUT2D eigenvalue weighted by Gasteiger charge is 2.27. The number of nitrogens with one attached hydrogen (secondary N) is 1. The van der Waals surface area contributed by atoms with Gasteiger partial charge in [-0.05, 0) is 36.5 Å². The van der Waals surface area contributed by atoms with E-state index in [1.54, 1.807) is 0 Å². The lowest BCUT2D eigenvalue weighted by Crippen LogP contribution is -2.39. The maximum atomic E-state index is 13.8. The van der Waals surface area contributed by atoms with Crippen LogP contribution in [0.4, 0.5) is 4.39 Å². The summed E-state index contributed by atoms with van der Waals surface area (Å²) in [6.07, 6.45) is 4.95. The summed E-state index contributed by atoms with van der Waals surface area (Å²) in [4.78, 5) is -0.384. The zero-order valence-corrected chi connectivity index (χ0v) is 13.0. The monoisotopic (exact) mass is 315 g/mol. The van der Waals surface area contributed by atoms with Crippen LogP contribution in [0.3, 0.4) is 0 Å². The summed E-state index contributed by atoms with van der Waals surface area (Å²) in [5.74, 6) is -0.549. The first kappa shape index (κ1) is 16.4. The van der Waals surface area contributed by atoms with E-state index in [2.05, 4.69) is 4.72 Å². The lowest BCUT2D eigenvalue weighted by atomic mass is 9.98. The van der Waals surface area contributed by atoms with Crippen molar-refractivity contribution in [3.05, 3.63) is 29.6 Å². The normalized spacial score (nSPS) is 23.8. The molecule has 0 radical (unpaired) electrons. The Bertz CT molecular complexity index is 589. The second-order valence-electron chi connectivity index (χ2n) is 5.77. The van der Waals surface area contributed by atoms with Crippen molar-refractivity contribution in [3.63, 3.8) is 0 Å². The standard InChI is InChI=1S/C15H22FNO3S/c1-11-5-3-2-4-6-14(11)17-21(19,20)15-9-12(10-18)7-8-13(15)16/h7-9,11,14,17-18H,2-6,10H2,1H3. The van der Waals surface area contributed by atoms with Crippen molar-refractivity contribution in [2.45, 2.75) is 56.6 Å². The molecule has 0 aliphatic heterocycles. The van der Waals surface area contributed by atoms with Gasteiger partial charge in [0, 0.05) is 6.04 Å². The van der Waals surface area contributed by atoms with E-state index in [4.69, 9.17) is 5.11 Å². The topological polar surface area (TPSA) is 66.4 Å². The molecule has 0 heterocycles. The van der Waals surface area contributed by atoms with E-state index in [9.17, 15) is 12.8 Å². The lowest BCUT2D eigenvalue weighted by Gasteiger charge is -2.22. The summed E-state index contributed by atoms with van der Waals surface area (Å²) in [7, 11) is -3.91. The molecule has 118 valence electrons. The molecule has 0 saturated heterocycles. The Labute approximate surface area is 125 Å². The van der Waals surface area contributed by atoms with Crippen LogP contribution >= 0.6 is 0 Å². The highest BCUT2D eigenvalue weighted by molar-refractivity contribution is 7.89. The smallest absolute Gasteiger partial charge is 0.243 e. The van der Waals surface area contributed by atoms with Gasteiger partial charge in [-0.3, -0.25) is 0 Å². The minimum atomic E-state index is -3.91. The van der Waals surface area contributed by atoms with E-state index in [1.807, 2.05) is 6.92 Å². The van der Waals surface area contributed by atoms with E-state index >= 15 is 0 Å². The number of sulfonamides is 1. The molecule has 1 aromatic carbocycles. The molecule has 6 heteroatoms. The number of hydrogen-bond donors (Lipinski definition) is 2. The summed E-state index contributed by atoms with van der Waals surface area (Å²) >= 11 is 0. The number of rotatable bonds is 4. The predicted octanol–water partition coefficient (Wildman–Crippen LogP) is 2.57. The third-order valence-corrected chi connectivity index (χ3v) is 5.64. The van der Waals surface area contributed by atoms with E-state index in [1.165, 1.54) is 12.1 Å². The van der Waals surface area contributed by atoms with Crippen molar-refractivity contribution in [3.8, 4) is 0 Å². The molecule has 0 amide bonds. The molecule has 1 aliphatic rings. The second kappa shape index (κ2) is 6.85. The van der Waals surface area contributed by atoms with Crippen molar-refractivity contribution in [1.82, 2.24) is 4.72 Å². The fourth-order valence-corrected chi connectivity index (χ4v) is 4.29. The van der Waals surface area contributed by atoms with Crippen molar-refractivity contribution < 1.29 is 17.9 Å². The maximum Gasteiger partial charge on any atom is 0.243 e. The average molecular weight is 315 g/mol. The predicted molar refractivity (Wildman–Crippen MR) is 78.7 cm³/mol. The molecule has 1 saturated carbocycles. The molecular formula is C15H22FNO3S. The van der Waals surface area contributed by atoms with Gasteiger partial charge in [-0.15, -0.1) is 0 Å². The van der Waals surface area contributed by atoms with Gasteiger partial charge in [0.15, 0.2) is 0 Å². The zero-order chi connectivity index (χ0) is 15.5. The summed E-state index contributed by atoms with van der Waals surface area (Å²) in [5.41, 5.74) is 0.380. The Morgan fingerprint density at radius 3 is 2.71 bits per heavy atom. The first-order valence-electron chi connectivity index (χ1n) is 7.35. The van der Waals surface area contributed by atoms with Gasteiger partial charge in [0.25, 0.3) is 0 Å². The maximum absolute atomic E-state index is 13.8. The number of halogens is 1. The molecule has 0 bridgehead atoms. The molecule has 2 rings (SSSR count). The largest absolute Gasteiger partial charge is 0.392 e. The van der Waals surface area contributed by atoms with Gasteiger partial charge in [-0.25, -0.2) is 17.5 Å². The number of benzene rings is 1. The van der Waals surface area contributed by atoms with Crippen molar-refractivity contribution in [1.29, 1.82) is 0 Å². The van der Waals surface area contributed by atoms with Crippen LogP contribution in [0, 0.1) is 11.7 Å². The molecule has 2 N–H and O–H groups in total. The third-order valence-electron chi connectivity index (χ3n) is 4.14. The molecule has 1 fully saturated rings. The summed E-state index contributed by atoms with van der Waals surface area (Å²) in [6, 6.07) is 3.49. The number of hydrogen-bond acceptors (Lipinski definition) is 3. The quantitative estimate of drug-likeness (QED) is 0.839. The third kappa shape index (κ3) is 4.02. The molecule has 0 aromatic heterocycles. The van der Waals surface area contributed by atoms with E-state index < -0.39 is 15.8 Å². The van der Waals surface area contributed by atoms with Gasteiger partial charge in [0.2, 0.25) is 10.0 Å². The Morgan fingerprint density at radius 2 is 2.00 bits per heavy atom. The number of aliphatic hydroxyl groups excluding tert-OH is 1. The van der Waals surface area contributed by atoms with Crippen LogP contribution in [0.25, 0.3) is 0 Å². The summed E-state index contributed by atoms with van der Waals surface area (Å²) < 4.78 is 41.3. The first-order valence-corrected chi connectivity index (χ1v) is 8.84. The SMILES string of the molecule is CC1CCCCCC1NS(=O)(=O)c1cc(CO)ccc1F. The minimum absolute atomic E-state index is 0.158. The highest BCUT2D eigenvalue weighted by atomic mass is 32.2. The fraction of sp³-hybridized carbons (Fsp3) is 0.600. The van der Waals surface area contributed by atoms with Crippen molar-refractivity contribution in [2.75, 3.05) is 0 Å². The number of aliphatic hydroxyl groups is 1. The van der Waals surface area contributed by atoms with Crippen LogP contribution in [0.1, 0.15) is 44.6 Å². The summed E-state index contributed by atoms with van der Waals surface area (Å²) in [6.45, 7) is 1.71. The van der Waals surface area contributed by atoms with Crippen molar-refractivity contribution in [2.24, 2.45) is 5.92 Å². The van der Waals surface area contributed by atoms with Crippen LogP contribution < -0.4 is 4.72 Å². The zero-order valence-electron chi connectivity index (χ0n) is 12.2. The van der Waals surface area contributed by atoms with E-state index in [-0.39, 0.29) is 23.5 Å². The second-order valence-corrected chi connectivity index (χ2v) is 7.45. The fourth-order valence-electron chi connectivity index (χ4n) is 2.78. The Kier molecular flexibility index (Phi) is 5.35. The van der Waals surface area contributed by atoms with Crippen LogP contribution in [0.5, 0.6) is 0 Å². The van der Waals surface area contributed by atoms with Crippen LogP contribution in [0.2, 0.25) is 0 Å². The molecule has 1 aliphatic carbocycles. The van der Waals surface area contributed by atoms with Crippen molar-refractivity contribution >= 4 is 10.0 Å². The molecule has 0 spiro atoms. The van der Waals surface area contributed by atoms with Gasteiger partial charge in [0.1, 0.15) is 10.7 Å². The van der Waals surface area contributed by atoms with E-state index in [0.29, 0.717) is 5.56 Å². The minimum Gasteiger partial charge on any atom is -0.392 e. The highest BCUT2D eigenvalue weighted by Crippen LogP contribution is 2.25. The molecule has 4 nitrogen and oxygen atoms in total. The van der Waals surface area contributed by atoms with Gasteiger partial charge < -0.3 is 5.11 Å². The molecule has 1 aromatic rings. The lowest BCUT2D eigenvalue weighted by molar-refractivity contribution is 0.281. The van der Waals surface area contributed by atoms with Gasteiger partial charge >= 0.3 is 0 Å². The van der Waals surface area contributed by atoms with Gasteiger partial charge in [-0.1, -0.05) is 32.3 Å². The average Bonchev–Trinajstić information content (AvgIpc) is 2.64. The Hall–Kier alpha value is -0.980.